The Morgan fingerprint density at radius 2 is 1.96 bits per heavy atom. The van der Waals surface area contributed by atoms with Crippen molar-refractivity contribution in [2.75, 3.05) is 6.54 Å². The van der Waals surface area contributed by atoms with Gasteiger partial charge in [0.15, 0.2) is 0 Å². The van der Waals surface area contributed by atoms with Crippen molar-refractivity contribution in [3.05, 3.63) is 70.6 Å². The summed E-state index contributed by atoms with van der Waals surface area (Å²) in [6.45, 7) is 0.585. The molecule has 2 unspecified atom stereocenters. The van der Waals surface area contributed by atoms with Crippen LogP contribution < -0.4 is 21.7 Å². The highest BCUT2D eigenvalue weighted by atomic mass is 16.3. The Morgan fingerprint density at radius 1 is 1.18 bits per heavy atom. The predicted octanol–water partition coefficient (Wildman–Crippen LogP) is 0.826. The highest BCUT2D eigenvalue weighted by Gasteiger charge is 2.31. The number of nitrogens with one attached hydrogen (secondary N) is 3. The van der Waals surface area contributed by atoms with E-state index in [0.717, 1.165) is 10.9 Å². The van der Waals surface area contributed by atoms with Gasteiger partial charge in [0, 0.05) is 17.5 Å². The molecule has 1 aliphatic rings. The molecule has 2 atom stereocenters. The Labute approximate surface area is 161 Å². The molecule has 0 spiro atoms. The van der Waals surface area contributed by atoms with E-state index in [0.29, 0.717) is 24.9 Å². The molecule has 2 heterocycles. The molecule has 3 aromatic rings. The zero-order valence-electron chi connectivity index (χ0n) is 15.1. The fourth-order valence-electron chi connectivity index (χ4n) is 3.41. The molecule has 4 N–H and O–H groups in total. The zero-order valence-corrected chi connectivity index (χ0v) is 15.1. The Bertz CT molecular complexity index is 1060. The SMILES string of the molecule is O=C(NCCn1ncc2ccccc2c1=O)C1CC(c2ccccc2O)NN1. The molecule has 8 nitrogen and oxygen atoms in total. The van der Waals surface area contributed by atoms with Crippen LogP contribution in [0.2, 0.25) is 0 Å². The third-order valence-electron chi connectivity index (χ3n) is 4.92. The number of hydrogen-bond acceptors (Lipinski definition) is 6. The van der Waals surface area contributed by atoms with E-state index >= 15 is 0 Å². The maximum Gasteiger partial charge on any atom is 0.274 e. The van der Waals surface area contributed by atoms with Crippen molar-refractivity contribution in [3.8, 4) is 5.75 Å². The molecule has 144 valence electrons. The average Bonchev–Trinajstić information content (AvgIpc) is 3.20. The van der Waals surface area contributed by atoms with Crippen molar-refractivity contribution in [2.45, 2.75) is 25.0 Å². The van der Waals surface area contributed by atoms with Gasteiger partial charge < -0.3 is 10.4 Å². The second-order valence-electron chi connectivity index (χ2n) is 6.74. The summed E-state index contributed by atoms with van der Waals surface area (Å²) in [6, 6.07) is 13.8. The van der Waals surface area contributed by atoms with Gasteiger partial charge >= 0.3 is 0 Å². The third kappa shape index (κ3) is 3.60. The highest BCUT2D eigenvalue weighted by Crippen LogP contribution is 2.28. The number of amides is 1. The minimum absolute atomic E-state index is 0.151. The molecule has 8 heteroatoms. The molecule has 0 bridgehead atoms. The number of phenolic OH excluding ortho intramolecular Hbond substituents is 1. The summed E-state index contributed by atoms with van der Waals surface area (Å²) >= 11 is 0. The van der Waals surface area contributed by atoms with Gasteiger partial charge in [0.1, 0.15) is 11.8 Å². The van der Waals surface area contributed by atoms with Gasteiger partial charge in [0.25, 0.3) is 5.56 Å². The fourth-order valence-corrected chi connectivity index (χ4v) is 3.41. The van der Waals surface area contributed by atoms with Crippen LogP contribution in [0.1, 0.15) is 18.0 Å². The van der Waals surface area contributed by atoms with Crippen molar-refractivity contribution in [1.82, 2.24) is 25.9 Å². The zero-order chi connectivity index (χ0) is 19.5. The third-order valence-corrected chi connectivity index (χ3v) is 4.92. The predicted molar refractivity (Wildman–Crippen MR) is 105 cm³/mol. The monoisotopic (exact) mass is 379 g/mol. The summed E-state index contributed by atoms with van der Waals surface area (Å²) in [7, 11) is 0. The lowest BCUT2D eigenvalue weighted by Crippen LogP contribution is -2.44. The number of para-hydroxylation sites is 1. The van der Waals surface area contributed by atoms with E-state index in [9.17, 15) is 14.7 Å². The summed E-state index contributed by atoms with van der Waals surface area (Å²) in [6.07, 6.45) is 2.16. The molecule has 4 rings (SSSR count). The van der Waals surface area contributed by atoms with Crippen molar-refractivity contribution >= 4 is 16.7 Å². The molecule has 0 aliphatic carbocycles. The molecular formula is C20H21N5O3. The van der Waals surface area contributed by atoms with Crippen LogP contribution in [0, 0.1) is 0 Å². The normalized spacial score (nSPS) is 19.0. The lowest BCUT2D eigenvalue weighted by Gasteiger charge is -2.12. The van der Waals surface area contributed by atoms with Crippen molar-refractivity contribution in [1.29, 1.82) is 0 Å². The summed E-state index contributed by atoms with van der Waals surface area (Å²) in [5.74, 6) is 0.0314. The molecular weight excluding hydrogens is 358 g/mol. The number of hydrazine groups is 1. The number of carbonyl (C=O) groups is 1. The van der Waals surface area contributed by atoms with Crippen LogP contribution in [0.3, 0.4) is 0 Å². The van der Waals surface area contributed by atoms with Crippen molar-refractivity contribution in [3.63, 3.8) is 0 Å². The molecule has 0 saturated carbocycles. The van der Waals surface area contributed by atoms with E-state index in [2.05, 4.69) is 21.3 Å². The number of carbonyl (C=O) groups excluding carboxylic acids is 1. The van der Waals surface area contributed by atoms with Crippen molar-refractivity contribution in [2.24, 2.45) is 0 Å². The topological polar surface area (TPSA) is 108 Å². The number of fused-ring (bicyclic) bond motifs is 1. The second-order valence-corrected chi connectivity index (χ2v) is 6.74. The molecule has 2 aromatic carbocycles. The van der Waals surface area contributed by atoms with E-state index in [-0.39, 0.29) is 23.3 Å². The van der Waals surface area contributed by atoms with E-state index in [1.165, 1.54) is 4.68 Å². The lowest BCUT2D eigenvalue weighted by atomic mass is 10.0. The minimum Gasteiger partial charge on any atom is -0.508 e. The molecule has 1 aliphatic heterocycles. The Kier molecular flexibility index (Phi) is 5.05. The number of aromatic nitrogens is 2. The number of aromatic hydroxyl groups is 1. The van der Waals surface area contributed by atoms with Crippen LogP contribution >= 0.6 is 0 Å². The number of rotatable bonds is 5. The van der Waals surface area contributed by atoms with Gasteiger partial charge in [-0.2, -0.15) is 5.10 Å². The van der Waals surface area contributed by atoms with Crippen LogP contribution in [0.25, 0.3) is 10.8 Å². The van der Waals surface area contributed by atoms with Gasteiger partial charge in [-0.1, -0.05) is 36.4 Å². The fraction of sp³-hybridized carbons (Fsp3) is 0.250. The highest BCUT2D eigenvalue weighted by molar-refractivity contribution is 5.82. The number of benzene rings is 2. The van der Waals surface area contributed by atoms with Gasteiger partial charge in [0.2, 0.25) is 5.91 Å². The van der Waals surface area contributed by atoms with Gasteiger partial charge in [-0.15, -0.1) is 0 Å². The standard InChI is InChI=1S/C20H21N5O3/c26-18-8-4-3-7-15(18)16-11-17(24-23-16)19(27)21-9-10-25-20(28)14-6-2-1-5-13(14)12-22-25/h1-8,12,16-17,23-24,26H,9-11H2,(H,21,27). The number of hydrogen-bond donors (Lipinski definition) is 4. The first-order chi connectivity index (χ1) is 13.6. The Morgan fingerprint density at radius 3 is 2.82 bits per heavy atom. The Balaban J connectivity index is 1.34. The lowest BCUT2D eigenvalue weighted by molar-refractivity contribution is -0.122. The molecule has 1 aromatic heterocycles. The average molecular weight is 379 g/mol. The summed E-state index contributed by atoms with van der Waals surface area (Å²) in [4.78, 5) is 24.8. The van der Waals surface area contributed by atoms with Crippen LogP contribution in [-0.4, -0.2) is 33.4 Å². The first-order valence-electron chi connectivity index (χ1n) is 9.15. The molecule has 1 saturated heterocycles. The number of phenols is 1. The first kappa shape index (κ1) is 18.1. The molecule has 28 heavy (non-hydrogen) atoms. The van der Waals surface area contributed by atoms with Crippen LogP contribution in [-0.2, 0) is 11.3 Å². The molecule has 1 fully saturated rings. The van der Waals surface area contributed by atoms with E-state index < -0.39 is 6.04 Å². The van der Waals surface area contributed by atoms with Crippen LogP contribution in [0.4, 0.5) is 0 Å². The summed E-state index contributed by atoms with van der Waals surface area (Å²) < 4.78 is 1.35. The maximum atomic E-state index is 12.4. The van der Waals surface area contributed by atoms with Gasteiger partial charge in [-0.25, -0.2) is 15.5 Å². The molecule has 0 radical (unpaired) electrons. The van der Waals surface area contributed by atoms with Gasteiger partial charge in [-0.05, 0) is 18.6 Å². The summed E-state index contributed by atoms with van der Waals surface area (Å²) in [5, 5.41) is 18.4. The smallest absolute Gasteiger partial charge is 0.274 e. The van der Waals surface area contributed by atoms with E-state index in [4.69, 9.17) is 0 Å². The second kappa shape index (κ2) is 7.79. The first-order valence-corrected chi connectivity index (χ1v) is 9.15. The largest absolute Gasteiger partial charge is 0.508 e. The number of nitrogens with zero attached hydrogens (tertiary/aromatic N) is 2. The maximum absolute atomic E-state index is 12.4. The summed E-state index contributed by atoms with van der Waals surface area (Å²) in [5.41, 5.74) is 6.58. The van der Waals surface area contributed by atoms with Crippen LogP contribution in [0.15, 0.2) is 59.5 Å². The minimum atomic E-state index is -0.425. The van der Waals surface area contributed by atoms with Crippen LogP contribution in [0.5, 0.6) is 5.75 Å². The van der Waals surface area contributed by atoms with Crippen molar-refractivity contribution < 1.29 is 9.90 Å². The Hall–Kier alpha value is -3.23. The van der Waals surface area contributed by atoms with Gasteiger partial charge in [-0.3, -0.25) is 9.59 Å². The van der Waals surface area contributed by atoms with Gasteiger partial charge in [0.05, 0.1) is 24.2 Å². The van der Waals surface area contributed by atoms with E-state index in [1.54, 1.807) is 24.4 Å². The van der Waals surface area contributed by atoms with E-state index in [1.807, 2.05) is 30.3 Å². The molecule has 1 amide bonds. The quantitative estimate of drug-likeness (QED) is 0.523.